The molecule has 0 aliphatic rings. The summed E-state index contributed by atoms with van der Waals surface area (Å²) in [5, 5.41) is 14.9. The molecule has 0 saturated heterocycles. The van der Waals surface area contributed by atoms with Gasteiger partial charge in [0.15, 0.2) is 0 Å². The maximum Gasteiger partial charge on any atom is 0.285 e. The van der Waals surface area contributed by atoms with Crippen LogP contribution in [-0.2, 0) is 0 Å². The van der Waals surface area contributed by atoms with Crippen LogP contribution in [0, 0.1) is 6.92 Å². The van der Waals surface area contributed by atoms with Gasteiger partial charge in [0.05, 0.1) is 18.3 Å². The number of rotatable bonds is 2. The molecule has 2 N–H and O–H groups in total. The van der Waals surface area contributed by atoms with E-state index in [0.717, 1.165) is 4.68 Å². The molecular formula is C19H14ClN3O4. The summed E-state index contributed by atoms with van der Waals surface area (Å²) in [7, 11) is 1.54. The van der Waals surface area contributed by atoms with Crippen LogP contribution in [0.2, 0.25) is 5.02 Å². The van der Waals surface area contributed by atoms with E-state index >= 15 is 0 Å². The summed E-state index contributed by atoms with van der Waals surface area (Å²) < 4.78 is 6.18. The molecular weight excluding hydrogens is 370 g/mol. The van der Waals surface area contributed by atoms with E-state index in [9.17, 15) is 14.7 Å². The van der Waals surface area contributed by atoms with Crippen molar-refractivity contribution < 1.29 is 9.84 Å². The Balaban J connectivity index is 2.11. The minimum Gasteiger partial charge on any atom is -0.497 e. The number of hydrogen-bond donors (Lipinski definition) is 2. The number of nitrogens with zero attached hydrogens (tertiary/aromatic N) is 2. The van der Waals surface area contributed by atoms with E-state index in [4.69, 9.17) is 16.3 Å². The van der Waals surface area contributed by atoms with Gasteiger partial charge in [-0.15, -0.1) is 5.10 Å². The highest BCUT2D eigenvalue weighted by molar-refractivity contribution is 6.31. The Morgan fingerprint density at radius 2 is 1.96 bits per heavy atom. The van der Waals surface area contributed by atoms with Crippen LogP contribution in [0.4, 0.5) is 0 Å². The van der Waals surface area contributed by atoms with Crippen molar-refractivity contribution in [3.63, 3.8) is 0 Å². The quantitative estimate of drug-likeness (QED) is 0.519. The molecule has 2 aromatic carbocycles. The number of pyridine rings is 1. The lowest BCUT2D eigenvalue weighted by Crippen LogP contribution is -2.26. The molecule has 0 atom stereocenters. The number of hydrogen-bond acceptors (Lipinski definition) is 5. The highest BCUT2D eigenvalue weighted by Crippen LogP contribution is 2.23. The van der Waals surface area contributed by atoms with Crippen LogP contribution in [0.5, 0.6) is 11.6 Å². The van der Waals surface area contributed by atoms with Gasteiger partial charge in [-0.2, -0.15) is 4.68 Å². The summed E-state index contributed by atoms with van der Waals surface area (Å²) in [6.45, 7) is 1.78. The molecule has 0 bridgehead atoms. The lowest BCUT2D eigenvalue weighted by molar-refractivity contribution is 0.414. The average molecular weight is 384 g/mol. The number of aromatic amines is 1. The van der Waals surface area contributed by atoms with Crippen molar-refractivity contribution >= 4 is 33.4 Å². The van der Waals surface area contributed by atoms with Crippen molar-refractivity contribution in [3.8, 4) is 17.3 Å². The predicted molar refractivity (Wildman–Crippen MR) is 103 cm³/mol. The summed E-state index contributed by atoms with van der Waals surface area (Å²) in [5.41, 5.74) is 0.393. The van der Waals surface area contributed by atoms with E-state index in [1.165, 1.54) is 13.2 Å². The van der Waals surface area contributed by atoms with E-state index in [0.29, 0.717) is 32.9 Å². The smallest absolute Gasteiger partial charge is 0.285 e. The predicted octanol–water partition coefficient (Wildman–Crippen LogP) is 2.90. The molecule has 0 amide bonds. The SMILES string of the molecule is COc1ccc(-n2nc(O)c3[nH]c4cc(Cl)ccc4c(=O)c3c2=O)c(C)c1. The van der Waals surface area contributed by atoms with Crippen LogP contribution in [0.3, 0.4) is 0 Å². The van der Waals surface area contributed by atoms with Crippen LogP contribution in [-0.4, -0.2) is 27.0 Å². The van der Waals surface area contributed by atoms with Crippen molar-refractivity contribution in [3.05, 3.63) is 67.6 Å². The number of methoxy groups -OCH3 is 1. The van der Waals surface area contributed by atoms with Gasteiger partial charge in [-0.3, -0.25) is 9.59 Å². The van der Waals surface area contributed by atoms with E-state index in [-0.39, 0.29) is 10.9 Å². The third-order valence-corrected chi connectivity index (χ3v) is 4.65. The summed E-state index contributed by atoms with van der Waals surface area (Å²) in [6, 6.07) is 9.70. The Bertz CT molecular complexity index is 1340. The van der Waals surface area contributed by atoms with Crippen molar-refractivity contribution in [2.24, 2.45) is 0 Å². The van der Waals surface area contributed by atoms with E-state index < -0.39 is 16.9 Å². The Hall–Kier alpha value is -3.32. The van der Waals surface area contributed by atoms with Gasteiger partial charge in [0, 0.05) is 10.4 Å². The fourth-order valence-corrected chi connectivity index (χ4v) is 3.26. The molecule has 0 aliphatic carbocycles. The molecule has 0 aliphatic heterocycles. The lowest BCUT2D eigenvalue weighted by Gasteiger charge is -2.11. The lowest BCUT2D eigenvalue weighted by atomic mass is 10.1. The van der Waals surface area contributed by atoms with E-state index in [1.54, 1.807) is 37.3 Å². The number of aromatic nitrogens is 3. The normalized spacial score (nSPS) is 11.2. The Morgan fingerprint density at radius 3 is 2.67 bits per heavy atom. The number of halogens is 1. The second kappa shape index (κ2) is 6.14. The molecule has 27 heavy (non-hydrogen) atoms. The summed E-state index contributed by atoms with van der Waals surface area (Å²) in [5.74, 6) is 0.161. The minimum atomic E-state index is -0.630. The molecule has 0 fully saturated rings. The Morgan fingerprint density at radius 1 is 1.19 bits per heavy atom. The van der Waals surface area contributed by atoms with Gasteiger partial charge in [-0.25, -0.2) is 0 Å². The number of aromatic hydroxyl groups is 1. The van der Waals surface area contributed by atoms with Gasteiger partial charge < -0.3 is 14.8 Å². The number of fused-ring (bicyclic) bond motifs is 2. The van der Waals surface area contributed by atoms with Gasteiger partial charge in [0.25, 0.3) is 11.4 Å². The molecule has 4 aromatic rings. The Kier molecular flexibility index (Phi) is 3.89. The van der Waals surface area contributed by atoms with Crippen LogP contribution in [0.15, 0.2) is 46.0 Å². The molecule has 2 aromatic heterocycles. The van der Waals surface area contributed by atoms with Crippen LogP contribution in [0.1, 0.15) is 5.56 Å². The Labute approximate surface area is 157 Å². The zero-order valence-corrected chi connectivity index (χ0v) is 15.2. The highest BCUT2D eigenvalue weighted by atomic mass is 35.5. The number of aryl methyl sites for hydroxylation is 1. The van der Waals surface area contributed by atoms with E-state index in [2.05, 4.69) is 10.1 Å². The third-order valence-electron chi connectivity index (χ3n) is 4.42. The standard InChI is InChI=1S/C19H14ClN3O4/c1-9-7-11(27-2)4-6-14(9)23-19(26)15-16(18(25)22-23)21-13-8-10(20)3-5-12(13)17(15)24/h3-8H,1-2H3,(H,21,24)(H,22,25). The maximum absolute atomic E-state index is 13.0. The maximum atomic E-state index is 13.0. The first-order chi connectivity index (χ1) is 12.9. The zero-order valence-electron chi connectivity index (χ0n) is 14.4. The van der Waals surface area contributed by atoms with Crippen molar-refractivity contribution in [1.29, 1.82) is 0 Å². The molecule has 0 radical (unpaired) electrons. The van der Waals surface area contributed by atoms with E-state index in [1.807, 2.05) is 0 Å². The van der Waals surface area contributed by atoms with Crippen molar-refractivity contribution in [2.75, 3.05) is 7.11 Å². The third kappa shape index (κ3) is 2.63. The molecule has 136 valence electrons. The fraction of sp³-hybridized carbons (Fsp3) is 0.105. The molecule has 0 unspecified atom stereocenters. The number of benzene rings is 2. The number of H-pyrrole nitrogens is 1. The van der Waals surface area contributed by atoms with Gasteiger partial charge in [0.2, 0.25) is 5.43 Å². The first-order valence-corrected chi connectivity index (χ1v) is 8.41. The zero-order chi connectivity index (χ0) is 19.3. The second-order valence-corrected chi connectivity index (χ2v) is 6.52. The number of nitrogens with one attached hydrogen (secondary N) is 1. The van der Waals surface area contributed by atoms with Crippen molar-refractivity contribution in [2.45, 2.75) is 6.92 Å². The van der Waals surface area contributed by atoms with Gasteiger partial charge in [-0.1, -0.05) is 11.6 Å². The first-order valence-electron chi connectivity index (χ1n) is 8.03. The molecule has 2 heterocycles. The van der Waals surface area contributed by atoms with Crippen molar-refractivity contribution in [1.82, 2.24) is 14.8 Å². The topological polar surface area (TPSA) is 97.2 Å². The summed E-state index contributed by atoms with van der Waals surface area (Å²) in [6.07, 6.45) is 0. The highest BCUT2D eigenvalue weighted by Gasteiger charge is 2.18. The van der Waals surface area contributed by atoms with Crippen LogP contribution >= 0.6 is 11.6 Å². The molecule has 4 rings (SSSR count). The van der Waals surface area contributed by atoms with Crippen LogP contribution < -0.4 is 15.7 Å². The fourth-order valence-electron chi connectivity index (χ4n) is 3.09. The largest absolute Gasteiger partial charge is 0.497 e. The molecule has 8 heteroatoms. The van der Waals surface area contributed by atoms with Gasteiger partial charge >= 0.3 is 0 Å². The van der Waals surface area contributed by atoms with Crippen LogP contribution in [0.25, 0.3) is 27.5 Å². The summed E-state index contributed by atoms with van der Waals surface area (Å²) in [4.78, 5) is 28.8. The average Bonchev–Trinajstić information content (AvgIpc) is 2.64. The minimum absolute atomic E-state index is 0.0258. The van der Waals surface area contributed by atoms with Gasteiger partial charge in [-0.05, 0) is 48.9 Å². The monoisotopic (exact) mass is 383 g/mol. The first kappa shape index (κ1) is 17.1. The molecule has 7 nitrogen and oxygen atoms in total. The molecule has 0 spiro atoms. The second-order valence-electron chi connectivity index (χ2n) is 6.09. The molecule has 0 saturated carbocycles. The summed E-state index contributed by atoms with van der Waals surface area (Å²) >= 11 is 5.96. The number of ether oxygens (including phenoxy) is 1. The van der Waals surface area contributed by atoms with Gasteiger partial charge in [0.1, 0.15) is 16.7 Å².